The molecular weight excluding hydrogens is 248 g/mol. The summed E-state index contributed by atoms with van der Waals surface area (Å²) in [6, 6.07) is 17.4. The van der Waals surface area contributed by atoms with Crippen LogP contribution in [0.1, 0.15) is 24.5 Å². The fourth-order valence-electron chi connectivity index (χ4n) is 2.18. The average molecular weight is 268 g/mol. The molecule has 0 aliphatic heterocycles. The second kappa shape index (κ2) is 5.88. The van der Waals surface area contributed by atoms with E-state index in [0.717, 1.165) is 16.8 Å². The summed E-state index contributed by atoms with van der Waals surface area (Å²) in [5.74, 6) is -0.0792. The molecular formula is C17H20N2O. The van der Waals surface area contributed by atoms with E-state index in [1.807, 2.05) is 68.4 Å². The lowest BCUT2D eigenvalue weighted by molar-refractivity contribution is -0.117. The van der Waals surface area contributed by atoms with Crippen LogP contribution in [-0.2, 0) is 10.3 Å². The van der Waals surface area contributed by atoms with Gasteiger partial charge >= 0.3 is 0 Å². The number of rotatable bonds is 4. The van der Waals surface area contributed by atoms with E-state index in [9.17, 15) is 4.79 Å². The molecule has 0 spiro atoms. The zero-order chi connectivity index (χ0) is 14.6. The number of carbonyl (C=O) groups excluding carboxylic acids is 1. The van der Waals surface area contributed by atoms with Gasteiger partial charge in [-0.1, -0.05) is 42.5 Å². The minimum Gasteiger partial charge on any atom is -0.326 e. The number of aryl methyl sites for hydroxylation is 1. The number of nitrogens with two attached hydrogens (primary N) is 1. The predicted molar refractivity (Wildman–Crippen MR) is 82.4 cm³/mol. The van der Waals surface area contributed by atoms with E-state index in [1.54, 1.807) is 0 Å². The first-order valence-electron chi connectivity index (χ1n) is 6.68. The molecule has 0 radical (unpaired) electrons. The Morgan fingerprint density at radius 2 is 1.85 bits per heavy atom. The van der Waals surface area contributed by atoms with Crippen molar-refractivity contribution in [3.05, 3.63) is 65.7 Å². The SMILES string of the molecule is Cc1cccc(NC(=O)CC(C)(N)c2ccccc2)c1. The molecule has 0 aliphatic rings. The highest BCUT2D eigenvalue weighted by molar-refractivity contribution is 5.91. The smallest absolute Gasteiger partial charge is 0.226 e. The fraction of sp³-hybridized carbons (Fsp3) is 0.235. The first-order valence-corrected chi connectivity index (χ1v) is 6.68. The summed E-state index contributed by atoms with van der Waals surface area (Å²) in [4.78, 5) is 12.1. The molecule has 3 heteroatoms. The van der Waals surface area contributed by atoms with E-state index >= 15 is 0 Å². The molecule has 0 fully saturated rings. The van der Waals surface area contributed by atoms with Gasteiger partial charge in [-0.3, -0.25) is 4.79 Å². The van der Waals surface area contributed by atoms with Gasteiger partial charge in [0.25, 0.3) is 0 Å². The van der Waals surface area contributed by atoms with Gasteiger partial charge in [0, 0.05) is 17.6 Å². The molecule has 1 atom stereocenters. The van der Waals surface area contributed by atoms with Crippen molar-refractivity contribution in [2.75, 3.05) is 5.32 Å². The lowest BCUT2D eigenvalue weighted by Crippen LogP contribution is -2.37. The molecule has 2 aromatic carbocycles. The molecule has 2 aromatic rings. The molecule has 0 aliphatic carbocycles. The van der Waals surface area contributed by atoms with Gasteiger partial charge < -0.3 is 11.1 Å². The van der Waals surface area contributed by atoms with E-state index in [-0.39, 0.29) is 12.3 Å². The topological polar surface area (TPSA) is 55.1 Å². The van der Waals surface area contributed by atoms with Crippen LogP contribution in [0.4, 0.5) is 5.69 Å². The zero-order valence-corrected chi connectivity index (χ0v) is 11.9. The van der Waals surface area contributed by atoms with Crippen LogP contribution in [0.3, 0.4) is 0 Å². The standard InChI is InChI=1S/C17H20N2O/c1-13-7-6-10-15(11-13)19-16(20)12-17(2,18)14-8-4-3-5-9-14/h3-11H,12,18H2,1-2H3,(H,19,20). The monoisotopic (exact) mass is 268 g/mol. The lowest BCUT2D eigenvalue weighted by atomic mass is 9.89. The Morgan fingerprint density at radius 3 is 2.50 bits per heavy atom. The van der Waals surface area contributed by atoms with Crippen molar-refractivity contribution >= 4 is 11.6 Å². The molecule has 3 nitrogen and oxygen atoms in total. The highest BCUT2D eigenvalue weighted by Crippen LogP contribution is 2.22. The van der Waals surface area contributed by atoms with Gasteiger partial charge in [-0.15, -0.1) is 0 Å². The van der Waals surface area contributed by atoms with E-state index in [4.69, 9.17) is 5.73 Å². The number of hydrogen-bond acceptors (Lipinski definition) is 2. The normalized spacial score (nSPS) is 13.6. The highest BCUT2D eigenvalue weighted by Gasteiger charge is 2.24. The molecule has 0 heterocycles. The van der Waals surface area contributed by atoms with Gasteiger partial charge in [-0.25, -0.2) is 0 Å². The largest absolute Gasteiger partial charge is 0.326 e. The van der Waals surface area contributed by atoms with E-state index < -0.39 is 5.54 Å². The summed E-state index contributed by atoms with van der Waals surface area (Å²) in [6.07, 6.45) is 0.241. The highest BCUT2D eigenvalue weighted by atomic mass is 16.1. The van der Waals surface area contributed by atoms with Gasteiger partial charge in [0.1, 0.15) is 0 Å². The van der Waals surface area contributed by atoms with E-state index in [2.05, 4.69) is 5.32 Å². The molecule has 2 rings (SSSR count). The molecule has 20 heavy (non-hydrogen) atoms. The summed E-state index contributed by atoms with van der Waals surface area (Å²) in [6.45, 7) is 3.87. The van der Waals surface area contributed by atoms with Gasteiger partial charge in [0.15, 0.2) is 0 Å². The molecule has 0 saturated heterocycles. The zero-order valence-electron chi connectivity index (χ0n) is 11.9. The van der Waals surface area contributed by atoms with Crippen LogP contribution in [0, 0.1) is 6.92 Å². The third kappa shape index (κ3) is 3.68. The molecule has 1 unspecified atom stereocenters. The number of benzene rings is 2. The van der Waals surface area contributed by atoms with Crippen molar-refractivity contribution in [2.24, 2.45) is 5.73 Å². The van der Waals surface area contributed by atoms with Crippen LogP contribution in [0.15, 0.2) is 54.6 Å². The summed E-state index contributed by atoms with van der Waals surface area (Å²) in [7, 11) is 0. The maximum absolute atomic E-state index is 12.1. The Bertz CT molecular complexity index is 591. The van der Waals surface area contributed by atoms with Gasteiger partial charge in [0.05, 0.1) is 0 Å². The fourth-order valence-corrected chi connectivity index (χ4v) is 2.18. The third-order valence-corrected chi connectivity index (χ3v) is 3.26. The van der Waals surface area contributed by atoms with Crippen molar-refractivity contribution in [2.45, 2.75) is 25.8 Å². The Kier molecular flexibility index (Phi) is 4.20. The quantitative estimate of drug-likeness (QED) is 0.894. The predicted octanol–water partition coefficient (Wildman–Crippen LogP) is 3.20. The van der Waals surface area contributed by atoms with Crippen molar-refractivity contribution in [1.29, 1.82) is 0 Å². The number of hydrogen-bond donors (Lipinski definition) is 2. The Balaban J connectivity index is 2.04. The molecule has 3 N–H and O–H groups in total. The van der Waals surface area contributed by atoms with Crippen molar-refractivity contribution < 1.29 is 4.79 Å². The molecule has 1 amide bonds. The molecule has 0 aromatic heterocycles. The average Bonchev–Trinajstić information content (AvgIpc) is 2.39. The van der Waals surface area contributed by atoms with Gasteiger partial charge in [0.2, 0.25) is 5.91 Å². The second-order valence-electron chi connectivity index (χ2n) is 5.38. The summed E-state index contributed by atoms with van der Waals surface area (Å²) >= 11 is 0. The van der Waals surface area contributed by atoms with Gasteiger partial charge in [-0.05, 0) is 37.1 Å². The molecule has 0 bridgehead atoms. The Labute approximate surface area is 119 Å². The van der Waals surface area contributed by atoms with Crippen molar-refractivity contribution in [1.82, 2.24) is 0 Å². The third-order valence-electron chi connectivity index (χ3n) is 3.26. The van der Waals surface area contributed by atoms with E-state index in [1.165, 1.54) is 0 Å². The minimum atomic E-state index is -0.671. The lowest BCUT2D eigenvalue weighted by Gasteiger charge is -2.24. The second-order valence-corrected chi connectivity index (χ2v) is 5.38. The molecule has 104 valence electrons. The van der Waals surface area contributed by atoms with Crippen LogP contribution in [-0.4, -0.2) is 5.91 Å². The number of carbonyl (C=O) groups is 1. The number of nitrogens with one attached hydrogen (secondary N) is 1. The summed E-state index contributed by atoms with van der Waals surface area (Å²) in [5, 5.41) is 2.89. The summed E-state index contributed by atoms with van der Waals surface area (Å²) < 4.78 is 0. The van der Waals surface area contributed by atoms with Crippen LogP contribution in [0.25, 0.3) is 0 Å². The maximum atomic E-state index is 12.1. The van der Waals surface area contributed by atoms with E-state index in [0.29, 0.717) is 0 Å². The number of anilines is 1. The maximum Gasteiger partial charge on any atom is 0.226 e. The van der Waals surface area contributed by atoms with Crippen molar-refractivity contribution in [3.8, 4) is 0 Å². The first kappa shape index (κ1) is 14.3. The first-order chi connectivity index (χ1) is 9.47. The van der Waals surface area contributed by atoms with Crippen LogP contribution < -0.4 is 11.1 Å². The molecule has 0 saturated carbocycles. The van der Waals surface area contributed by atoms with Crippen LogP contribution in [0.2, 0.25) is 0 Å². The van der Waals surface area contributed by atoms with Crippen LogP contribution >= 0.6 is 0 Å². The summed E-state index contributed by atoms with van der Waals surface area (Å²) in [5.41, 5.74) is 8.46. The van der Waals surface area contributed by atoms with Gasteiger partial charge in [-0.2, -0.15) is 0 Å². The van der Waals surface area contributed by atoms with Crippen LogP contribution in [0.5, 0.6) is 0 Å². The van der Waals surface area contributed by atoms with Crippen molar-refractivity contribution in [3.63, 3.8) is 0 Å². The number of amides is 1. The Morgan fingerprint density at radius 1 is 1.15 bits per heavy atom. The minimum absolute atomic E-state index is 0.0792. The Hall–Kier alpha value is -2.13.